The zero-order chi connectivity index (χ0) is 20.1. The predicted octanol–water partition coefficient (Wildman–Crippen LogP) is 3.26. The van der Waals surface area contributed by atoms with Crippen LogP contribution < -0.4 is 4.18 Å². The van der Waals surface area contributed by atoms with Crippen LogP contribution in [-0.2, 0) is 26.7 Å². The number of benzene rings is 2. The smallest absolute Gasteiger partial charge is 0.306 e. The van der Waals surface area contributed by atoms with Gasteiger partial charge in [-0.05, 0) is 42.2 Å². The van der Waals surface area contributed by atoms with E-state index >= 15 is 0 Å². The van der Waals surface area contributed by atoms with E-state index in [4.69, 9.17) is 4.18 Å². The third-order valence-corrected chi connectivity index (χ3v) is 6.22. The minimum absolute atomic E-state index is 0.195. The first-order valence-electron chi connectivity index (χ1n) is 8.61. The lowest BCUT2D eigenvalue weighted by molar-refractivity contribution is 0.375. The third kappa shape index (κ3) is 6.64. The molecular formula is C19H25NO5S2. The molecule has 2 rings (SSSR count). The van der Waals surface area contributed by atoms with Crippen molar-refractivity contribution in [3.63, 3.8) is 0 Å². The lowest BCUT2D eigenvalue weighted by atomic mass is 10.1. The molecule has 0 aromatic heterocycles. The molecule has 6 nitrogen and oxygen atoms in total. The average molecular weight is 412 g/mol. The monoisotopic (exact) mass is 411 g/mol. The van der Waals surface area contributed by atoms with Crippen molar-refractivity contribution >= 4 is 20.1 Å². The molecule has 0 fully saturated rings. The molecule has 27 heavy (non-hydrogen) atoms. The second-order valence-corrected chi connectivity index (χ2v) is 10.3. The number of hydrogen-bond acceptors (Lipinski definition) is 5. The van der Waals surface area contributed by atoms with Crippen LogP contribution in [0.3, 0.4) is 0 Å². The molecule has 2 aromatic carbocycles. The Labute approximate surface area is 162 Å². The highest BCUT2D eigenvalue weighted by Crippen LogP contribution is 2.21. The molecular weight excluding hydrogens is 386 g/mol. The molecule has 0 unspecified atom stereocenters. The Balaban J connectivity index is 2.24. The normalized spacial score (nSPS) is 12.5. The van der Waals surface area contributed by atoms with E-state index in [9.17, 15) is 16.8 Å². The minimum atomic E-state index is -3.63. The van der Waals surface area contributed by atoms with Gasteiger partial charge in [-0.2, -0.15) is 12.7 Å². The van der Waals surface area contributed by atoms with Gasteiger partial charge in [-0.1, -0.05) is 44.2 Å². The Kier molecular flexibility index (Phi) is 7.02. The van der Waals surface area contributed by atoms with E-state index in [1.807, 2.05) is 13.8 Å². The van der Waals surface area contributed by atoms with Gasteiger partial charge in [0.15, 0.2) is 0 Å². The van der Waals surface area contributed by atoms with Crippen molar-refractivity contribution in [2.45, 2.75) is 31.7 Å². The van der Waals surface area contributed by atoms with Crippen LogP contribution in [-0.4, -0.2) is 33.9 Å². The molecule has 0 bridgehead atoms. The number of nitrogens with zero attached hydrogens (tertiary/aromatic N) is 1. The summed E-state index contributed by atoms with van der Waals surface area (Å²) in [6, 6.07) is 14.7. The molecule has 2 aromatic rings. The van der Waals surface area contributed by atoms with Crippen molar-refractivity contribution in [1.82, 2.24) is 4.31 Å². The first-order valence-corrected chi connectivity index (χ1v) is 11.9. The van der Waals surface area contributed by atoms with Crippen LogP contribution >= 0.6 is 0 Å². The van der Waals surface area contributed by atoms with E-state index in [2.05, 4.69) is 0 Å². The lowest BCUT2D eigenvalue weighted by Gasteiger charge is -2.23. The summed E-state index contributed by atoms with van der Waals surface area (Å²) in [5.74, 6) is 0.560. The first-order chi connectivity index (χ1) is 12.6. The largest absolute Gasteiger partial charge is 0.383 e. The molecule has 0 aliphatic rings. The number of hydrogen-bond donors (Lipinski definition) is 0. The predicted molar refractivity (Wildman–Crippen MR) is 105 cm³/mol. The Bertz CT molecular complexity index is 937. The van der Waals surface area contributed by atoms with E-state index in [0.717, 1.165) is 18.2 Å². The minimum Gasteiger partial charge on any atom is -0.383 e. The van der Waals surface area contributed by atoms with Gasteiger partial charge in [0.25, 0.3) is 0 Å². The molecule has 0 aliphatic carbocycles. The molecule has 0 amide bonds. The van der Waals surface area contributed by atoms with Gasteiger partial charge in [0, 0.05) is 13.1 Å². The topological polar surface area (TPSA) is 80.8 Å². The highest BCUT2D eigenvalue weighted by molar-refractivity contribution is 7.89. The molecule has 0 atom stereocenters. The Morgan fingerprint density at radius 2 is 1.52 bits per heavy atom. The Morgan fingerprint density at radius 3 is 2.04 bits per heavy atom. The molecule has 0 aliphatic heterocycles. The van der Waals surface area contributed by atoms with Crippen molar-refractivity contribution in [1.29, 1.82) is 0 Å². The van der Waals surface area contributed by atoms with Crippen LogP contribution in [0.4, 0.5) is 0 Å². The van der Waals surface area contributed by atoms with Crippen LogP contribution in [0, 0.1) is 5.92 Å². The fourth-order valence-corrected chi connectivity index (χ4v) is 4.38. The maximum atomic E-state index is 13.0. The fourth-order valence-electron chi connectivity index (χ4n) is 2.46. The van der Waals surface area contributed by atoms with Crippen molar-refractivity contribution in [2.75, 3.05) is 12.8 Å². The Hall–Kier alpha value is -1.90. The molecule has 0 N–H and O–H groups in total. The Morgan fingerprint density at radius 1 is 0.926 bits per heavy atom. The zero-order valence-electron chi connectivity index (χ0n) is 15.7. The summed E-state index contributed by atoms with van der Waals surface area (Å²) < 4.78 is 54.7. The third-order valence-electron chi connectivity index (χ3n) is 3.87. The molecule has 148 valence electrons. The summed E-state index contributed by atoms with van der Waals surface area (Å²) >= 11 is 0. The quantitative estimate of drug-likeness (QED) is 0.592. The number of rotatable bonds is 9. The second kappa shape index (κ2) is 8.86. The van der Waals surface area contributed by atoms with Crippen molar-refractivity contribution in [3.8, 4) is 5.75 Å². The lowest BCUT2D eigenvalue weighted by Crippen LogP contribution is -2.32. The highest BCUT2D eigenvalue weighted by atomic mass is 32.2. The molecule has 0 spiro atoms. The average Bonchev–Trinajstić information content (AvgIpc) is 2.59. The van der Waals surface area contributed by atoms with E-state index in [-0.39, 0.29) is 17.2 Å². The van der Waals surface area contributed by atoms with Gasteiger partial charge in [-0.3, -0.25) is 0 Å². The maximum Gasteiger partial charge on any atom is 0.306 e. The zero-order valence-corrected chi connectivity index (χ0v) is 17.3. The van der Waals surface area contributed by atoms with Gasteiger partial charge in [-0.25, -0.2) is 8.42 Å². The van der Waals surface area contributed by atoms with Crippen molar-refractivity contribution in [2.24, 2.45) is 5.92 Å². The van der Waals surface area contributed by atoms with Crippen molar-refractivity contribution in [3.05, 3.63) is 60.2 Å². The van der Waals surface area contributed by atoms with Gasteiger partial charge in [0.2, 0.25) is 10.0 Å². The van der Waals surface area contributed by atoms with Crippen LogP contribution in [0.25, 0.3) is 0 Å². The summed E-state index contributed by atoms with van der Waals surface area (Å²) in [4.78, 5) is 0.255. The summed E-state index contributed by atoms with van der Waals surface area (Å²) in [7, 11) is -7.22. The molecule has 0 saturated carbocycles. The van der Waals surface area contributed by atoms with Gasteiger partial charge < -0.3 is 4.18 Å². The van der Waals surface area contributed by atoms with Gasteiger partial charge in [0.1, 0.15) is 5.75 Å². The van der Waals surface area contributed by atoms with E-state index in [0.29, 0.717) is 12.5 Å². The molecule has 0 radical (unpaired) electrons. The van der Waals surface area contributed by atoms with E-state index in [1.165, 1.54) is 16.4 Å². The second-order valence-electron chi connectivity index (χ2n) is 6.77. The van der Waals surface area contributed by atoms with Crippen LogP contribution in [0.2, 0.25) is 0 Å². The van der Waals surface area contributed by atoms with Gasteiger partial charge >= 0.3 is 10.1 Å². The van der Waals surface area contributed by atoms with E-state index < -0.39 is 20.1 Å². The van der Waals surface area contributed by atoms with Gasteiger partial charge in [-0.15, -0.1) is 0 Å². The number of sulfonamides is 1. The fraction of sp³-hybridized carbons (Fsp3) is 0.368. The van der Waals surface area contributed by atoms with Crippen molar-refractivity contribution < 1.29 is 21.0 Å². The summed E-state index contributed by atoms with van der Waals surface area (Å²) in [6.07, 6.45) is 1.71. The SMILES string of the molecule is CC(C)CCN(Cc1ccc(OS(C)(=O)=O)cc1)S(=O)(=O)c1ccccc1. The van der Waals surface area contributed by atoms with E-state index in [1.54, 1.807) is 42.5 Å². The summed E-state index contributed by atoms with van der Waals surface area (Å²) in [5.41, 5.74) is 0.749. The summed E-state index contributed by atoms with van der Waals surface area (Å²) in [5, 5.41) is 0. The maximum absolute atomic E-state index is 13.0. The first kappa shape index (κ1) is 21.4. The van der Waals surface area contributed by atoms with Gasteiger partial charge in [0.05, 0.1) is 11.2 Å². The van der Waals surface area contributed by atoms with Crippen LogP contribution in [0.5, 0.6) is 5.75 Å². The summed E-state index contributed by atoms with van der Waals surface area (Å²) in [6.45, 7) is 4.69. The standard InChI is InChI=1S/C19H25NO5S2/c1-16(2)13-14-20(27(23,24)19-7-5-4-6-8-19)15-17-9-11-18(12-10-17)25-26(3,21)22/h4-12,16H,13-15H2,1-3H3. The molecule has 8 heteroatoms. The highest BCUT2D eigenvalue weighted by Gasteiger charge is 2.24. The molecule has 0 heterocycles. The van der Waals surface area contributed by atoms with Crippen LogP contribution in [0.15, 0.2) is 59.5 Å². The molecule has 0 saturated heterocycles. The van der Waals surface area contributed by atoms with Crippen LogP contribution in [0.1, 0.15) is 25.8 Å².